The zero-order valence-corrected chi connectivity index (χ0v) is 14.6. The summed E-state index contributed by atoms with van der Waals surface area (Å²) in [7, 11) is 0. The highest BCUT2D eigenvalue weighted by Crippen LogP contribution is 2.30. The molecule has 22 heavy (non-hydrogen) atoms. The summed E-state index contributed by atoms with van der Waals surface area (Å²) in [6, 6.07) is 5.09. The van der Waals surface area contributed by atoms with Crippen molar-refractivity contribution in [3.05, 3.63) is 75.2 Å². The van der Waals surface area contributed by atoms with Crippen molar-refractivity contribution in [2.24, 2.45) is 0 Å². The Kier molecular flexibility index (Phi) is 4.94. The van der Waals surface area contributed by atoms with Crippen LogP contribution in [0.15, 0.2) is 64.6 Å². The highest BCUT2D eigenvalue weighted by atomic mass is 79.9. The van der Waals surface area contributed by atoms with E-state index in [1.165, 1.54) is 11.8 Å². The van der Waals surface area contributed by atoms with Crippen molar-refractivity contribution in [3.63, 3.8) is 0 Å². The molecule has 0 atom stereocenters. The summed E-state index contributed by atoms with van der Waals surface area (Å²) in [5, 5.41) is 10.5. The number of nitrogens with zero attached hydrogens (tertiary/aromatic N) is 1. The predicted octanol–water partition coefficient (Wildman–Crippen LogP) is 5.21. The number of hydrogen-bond donors (Lipinski definition) is 1. The summed E-state index contributed by atoms with van der Waals surface area (Å²) in [6.45, 7) is 7.26. The molecule has 0 unspecified atom stereocenters. The fraction of sp³-hybridized carbons (Fsp3) is 0.118. The molecule has 0 radical (unpaired) electrons. The van der Waals surface area contributed by atoms with Crippen molar-refractivity contribution in [1.82, 2.24) is 4.90 Å². The van der Waals surface area contributed by atoms with Crippen LogP contribution in [0.1, 0.15) is 19.4 Å². The van der Waals surface area contributed by atoms with Crippen molar-refractivity contribution < 1.29 is 9.90 Å². The highest BCUT2D eigenvalue weighted by molar-refractivity contribution is 9.10. The number of benzene rings is 1. The summed E-state index contributed by atoms with van der Waals surface area (Å²) in [6.07, 6.45) is 5.26. The molecule has 0 aliphatic carbocycles. The zero-order chi connectivity index (χ0) is 16.4. The topological polar surface area (TPSA) is 40.5 Å². The SMILES string of the molecule is C=C1C(C)=CC=CN1C(=O)/C(=C(\C)O)c1cc(Cl)cc(Br)c1. The second-order valence-corrected chi connectivity index (χ2v) is 6.28. The largest absolute Gasteiger partial charge is 0.512 e. The van der Waals surface area contributed by atoms with Crippen LogP contribution < -0.4 is 0 Å². The first-order chi connectivity index (χ1) is 10.3. The van der Waals surface area contributed by atoms with Gasteiger partial charge in [0.2, 0.25) is 0 Å². The fourth-order valence-electron chi connectivity index (χ4n) is 2.15. The van der Waals surface area contributed by atoms with Gasteiger partial charge in [-0.25, -0.2) is 0 Å². The standard InChI is InChI=1S/C17H15BrClNO2/c1-10-5-4-6-20(11(10)2)17(22)16(12(3)21)13-7-14(18)9-15(19)8-13/h4-9,21H,2H2,1,3H3/b16-12+. The molecule has 1 aliphatic heterocycles. The minimum absolute atomic E-state index is 0.0763. The Labute approximate surface area is 143 Å². The van der Waals surface area contributed by atoms with Gasteiger partial charge in [-0.2, -0.15) is 0 Å². The second-order valence-electron chi connectivity index (χ2n) is 4.93. The van der Waals surface area contributed by atoms with E-state index in [1.807, 2.05) is 13.0 Å². The maximum absolute atomic E-state index is 12.8. The predicted molar refractivity (Wildman–Crippen MR) is 93.3 cm³/mol. The number of hydrogen-bond acceptors (Lipinski definition) is 2. The van der Waals surface area contributed by atoms with E-state index in [2.05, 4.69) is 22.5 Å². The molecule has 1 N–H and O–H groups in total. The molecular formula is C17H15BrClNO2. The summed E-state index contributed by atoms with van der Waals surface area (Å²) in [5.74, 6) is -0.435. The summed E-state index contributed by atoms with van der Waals surface area (Å²) >= 11 is 9.38. The lowest BCUT2D eigenvalue weighted by molar-refractivity contribution is -0.121. The molecule has 1 aliphatic rings. The van der Waals surface area contributed by atoms with Gasteiger partial charge in [0.1, 0.15) is 5.76 Å². The molecule has 2 rings (SSSR count). The normalized spacial score (nSPS) is 15.5. The van der Waals surface area contributed by atoms with E-state index in [0.29, 0.717) is 16.3 Å². The lowest BCUT2D eigenvalue weighted by atomic mass is 10.0. The number of aliphatic hydroxyl groups excluding tert-OH is 1. The van der Waals surface area contributed by atoms with Gasteiger partial charge in [0.25, 0.3) is 5.91 Å². The number of allylic oxidation sites excluding steroid dienone is 4. The third-order valence-electron chi connectivity index (χ3n) is 3.27. The summed E-state index contributed by atoms with van der Waals surface area (Å²) < 4.78 is 0.727. The van der Waals surface area contributed by atoms with Crippen LogP contribution in [0.4, 0.5) is 0 Å². The molecule has 0 saturated carbocycles. The Balaban J connectivity index is 2.48. The van der Waals surface area contributed by atoms with Crippen molar-refractivity contribution in [3.8, 4) is 0 Å². The number of aliphatic hydroxyl groups is 1. The minimum Gasteiger partial charge on any atom is -0.512 e. The quantitative estimate of drug-likeness (QED) is 0.565. The minimum atomic E-state index is -0.358. The van der Waals surface area contributed by atoms with Gasteiger partial charge in [-0.3, -0.25) is 9.69 Å². The van der Waals surface area contributed by atoms with Crippen molar-refractivity contribution in [1.29, 1.82) is 0 Å². The molecule has 0 spiro atoms. The van der Waals surface area contributed by atoms with Crippen LogP contribution in [-0.4, -0.2) is 15.9 Å². The number of halogens is 2. The van der Waals surface area contributed by atoms with Gasteiger partial charge in [0.15, 0.2) is 0 Å². The molecular weight excluding hydrogens is 366 g/mol. The third-order valence-corrected chi connectivity index (χ3v) is 3.95. The summed E-state index contributed by atoms with van der Waals surface area (Å²) in [4.78, 5) is 14.2. The number of rotatable bonds is 2. The Morgan fingerprint density at radius 1 is 1.36 bits per heavy atom. The molecule has 114 valence electrons. The van der Waals surface area contributed by atoms with Gasteiger partial charge in [-0.05, 0) is 49.3 Å². The zero-order valence-electron chi connectivity index (χ0n) is 12.2. The first kappa shape index (κ1) is 16.6. The lowest BCUT2D eigenvalue weighted by Gasteiger charge is -2.25. The molecule has 1 heterocycles. The summed E-state index contributed by atoms with van der Waals surface area (Å²) in [5.41, 5.74) is 2.19. The van der Waals surface area contributed by atoms with Crippen LogP contribution >= 0.6 is 27.5 Å². The average molecular weight is 381 g/mol. The van der Waals surface area contributed by atoms with Crippen LogP contribution in [0.25, 0.3) is 5.57 Å². The van der Waals surface area contributed by atoms with Crippen LogP contribution in [-0.2, 0) is 4.79 Å². The highest BCUT2D eigenvalue weighted by Gasteiger charge is 2.24. The first-order valence-corrected chi connectivity index (χ1v) is 7.72. The van der Waals surface area contributed by atoms with Crippen molar-refractivity contribution in [2.75, 3.05) is 0 Å². The molecule has 1 aromatic rings. The number of amides is 1. The fourth-order valence-corrected chi connectivity index (χ4v) is 3.01. The van der Waals surface area contributed by atoms with Crippen LogP contribution in [0, 0.1) is 0 Å². The van der Waals surface area contributed by atoms with Gasteiger partial charge >= 0.3 is 0 Å². The smallest absolute Gasteiger partial charge is 0.266 e. The Morgan fingerprint density at radius 3 is 2.64 bits per heavy atom. The van der Waals surface area contributed by atoms with E-state index in [0.717, 1.165) is 10.0 Å². The van der Waals surface area contributed by atoms with E-state index in [9.17, 15) is 9.90 Å². The van der Waals surface area contributed by atoms with E-state index < -0.39 is 0 Å². The Bertz CT molecular complexity index is 723. The van der Waals surface area contributed by atoms with Crippen LogP contribution in [0.5, 0.6) is 0 Å². The molecule has 5 heteroatoms. The van der Waals surface area contributed by atoms with Gasteiger partial charge in [-0.15, -0.1) is 0 Å². The average Bonchev–Trinajstić information content (AvgIpc) is 2.40. The number of carbonyl (C=O) groups excluding carboxylic acids is 1. The van der Waals surface area contributed by atoms with E-state index in [-0.39, 0.29) is 17.2 Å². The van der Waals surface area contributed by atoms with E-state index >= 15 is 0 Å². The maximum Gasteiger partial charge on any atom is 0.266 e. The van der Waals surface area contributed by atoms with Gasteiger partial charge in [0.05, 0.1) is 5.57 Å². The van der Waals surface area contributed by atoms with Crippen LogP contribution in [0.2, 0.25) is 5.02 Å². The number of carbonyl (C=O) groups is 1. The third kappa shape index (κ3) is 3.34. The van der Waals surface area contributed by atoms with E-state index in [4.69, 9.17) is 11.6 Å². The maximum atomic E-state index is 12.8. The Hall–Kier alpha value is -1.78. The molecule has 0 saturated heterocycles. The van der Waals surface area contributed by atoms with Crippen molar-refractivity contribution in [2.45, 2.75) is 13.8 Å². The lowest BCUT2D eigenvalue weighted by Crippen LogP contribution is -2.28. The molecule has 3 nitrogen and oxygen atoms in total. The molecule has 1 aromatic carbocycles. The monoisotopic (exact) mass is 379 g/mol. The molecule has 1 amide bonds. The second kappa shape index (κ2) is 6.55. The Morgan fingerprint density at radius 2 is 2.05 bits per heavy atom. The van der Waals surface area contributed by atoms with Crippen LogP contribution in [0.3, 0.4) is 0 Å². The molecule has 0 aromatic heterocycles. The van der Waals surface area contributed by atoms with Gasteiger partial charge in [-0.1, -0.05) is 40.2 Å². The molecule has 0 fully saturated rings. The van der Waals surface area contributed by atoms with Gasteiger partial charge < -0.3 is 5.11 Å². The molecule has 0 bridgehead atoms. The first-order valence-electron chi connectivity index (χ1n) is 6.55. The van der Waals surface area contributed by atoms with E-state index in [1.54, 1.807) is 30.5 Å². The van der Waals surface area contributed by atoms with Crippen molar-refractivity contribution >= 4 is 39.0 Å². The van der Waals surface area contributed by atoms with Gasteiger partial charge in [0, 0.05) is 21.4 Å².